The molecule has 2 amide bonds. The fraction of sp³-hybridized carbons (Fsp3) is 0.136. The molecule has 0 bridgehead atoms. The van der Waals surface area contributed by atoms with Crippen molar-refractivity contribution in [1.82, 2.24) is 15.2 Å². The van der Waals surface area contributed by atoms with E-state index in [2.05, 4.69) is 25.9 Å². The Morgan fingerprint density at radius 2 is 1.82 bits per heavy atom. The molecule has 0 aliphatic heterocycles. The summed E-state index contributed by atoms with van der Waals surface area (Å²) in [4.78, 5) is 20.7. The molecule has 0 fully saturated rings. The Balaban J connectivity index is 1.36. The molecule has 0 saturated carbocycles. The Kier molecular flexibility index (Phi) is 6.03. The Morgan fingerprint density at radius 3 is 2.55 bits per heavy atom. The summed E-state index contributed by atoms with van der Waals surface area (Å²) in [6.45, 7) is 2.26. The number of alkyl halides is 3. The van der Waals surface area contributed by atoms with E-state index >= 15 is 0 Å². The van der Waals surface area contributed by atoms with Crippen molar-refractivity contribution in [3.63, 3.8) is 0 Å². The van der Waals surface area contributed by atoms with Crippen molar-refractivity contribution in [3.05, 3.63) is 83.9 Å². The Labute approximate surface area is 186 Å². The standard InChI is InChI=1S/C22H17F3N6O2/c1-14-20(27-10-9-26-14)16-7-5-15(6-8-16)12-31-13-19(33-30-31)29-21(32)28-18-4-2-3-17(11-18)22(23,24)25/h2-11,13H,12H2,1H3,(H-,28,29,30,32)/p+1. The maximum atomic E-state index is 12.8. The number of carbonyl (C=O) groups excluding carboxylic acids is 1. The summed E-state index contributed by atoms with van der Waals surface area (Å²) < 4.78 is 44.9. The van der Waals surface area contributed by atoms with E-state index in [-0.39, 0.29) is 11.6 Å². The Bertz CT molecular complexity index is 1270. The first-order valence-electron chi connectivity index (χ1n) is 9.76. The lowest BCUT2D eigenvalue weighted by atomic mass is 10.1. The molecular weight excluding hydrogens is 437 g/mol. The van der Waals surface area contributed by atoms with Crippen LogP contribution in [-0.4, -0.2) is 21.3 Å². The Hall–Kier alpha value is -4.28. The van der Waals surface area contributed by atoms with Gasteiger partial charge in [0.15, 0.2) is 0 Å². The first-order chi connectivity index (χ1) is 15.8. The third-order valence-electron chi connectivity index (χ3n) is 4.65. The predicted octanol–water partition coefficient (Wildman–Crippen LogP) is 4.44. The molecule has 2 heterocycles. The van der Waals surface area contributed by atoms with E-state index in [1.807, 2.05) is 31.2 Å². The number of nitrogens with zero attached hydrogens (tertiary/aromatic N) is 4. The average Bonchev–Trinajstić information content (AvgIpc) is 3.21. The highest BCUT2D eigenvalue weighted by molar-refractivity contribution is 5.98. The highest BCUT2D eigenvalue weighted by Gasteiger charge is 2.30. The van der Waals surface area contributed by atoms with Crippen LogP contribution in [0.15, 0.2) is 71.6 Å². The van der Waals surface area contributed by atoms with Crippen LogP contribution >= 0.6 is 0 Å². The summed E-state index contributed by atoms with van der Waals surface area (Å²) in [6.07, 6.45) is 0.238. The topological polar surface area (TPSA) is 96.8 Å². The predicted molar refractivity (Wildman–Crippen MR) is 112 cm³/mol. The van der Waals surface area contributed by atoms with Crippen molar-refractivity contribution in [2.75, 3.05) is 10.6 Å². The summed E-state index contributed by atoms with van der Waals surface area (Å²) in [7, 11) is 0. The first-order valence-corrected chi connectivity index (χ1v) is 9.76. The van der Waals surface area contributed by atoms with Gasteiger partial charge in [0.2, 0.25) is 11.8 Å². The number of hydrogen-bond acceptors (Lipinski definition) is 5. The molecule has 33 heavy (non-hydrogen) atoms. The molecular formula is C22H18F3N6O2+. The second-order valence-corrected chi connectivity index (χ2v) is 7.11. The largest absolute Gasteiger partial charge is 0.416 e. The number of rotatable bonds is 5. The fourth-order valence-electron chi connectivity index (χ4n) is 3.10. The van der Waals surface area contributed by atoms with Gasteiger partial charge in [0.1, 0.15) is 0 Å². The summed E-state index contributed by atoms with van der Waals surface area (Å²) in [5.74, 6) is 0.0336. The second kappa shape index (κ2) is 9.07. The molecule has 2 aromatic heterocycles. The quantitative estimate of drug-likeness (QED) is 0.434. The third kappa shape index (κ3) is 5.50. The van der Waals surface area contributed by atoms with Crippen LogP contribution in [0.1, 0.15) is 16.8 Å². The Morgan fingerprint density at radius 1 is 1.06 bits per heavy atom. The van der Waals surface area contributed by atoms with Crippen LogP contribution in [0, 0.1) is 6.92 Å². The monoisotopic (exact) mass is 455 g/mol. The zero-order valence-electron chi connectivity index (χ0n) is 17.3. The number of urea groups is 1. The molecule has 2 N–H and O–H groups in total. The van der Waals surface area contributed by atoms with Crippen LogP contribution in [0.2, 0.25) is 0 Å². The van der Waals surface area contributed by atoms with E-state index in [1.54, 1.807) is 12.4 Å². The molecule has 0 atom stereocenters. The van der Waals surface area contributed by atoms with Gasteiger partial charge in [-0.2, -0.15) is 13.2 Å². The highest BCUT2D eigenvalue weighted by atomic mass is 19.4. The number of halogens is 3. The number of anilines is 2. The minimum atomic E-state index is -4.50. The number of nitrogens with one attached hydrogen (secondary N) is 2. The maximum absolute atomic E-state index is 12.8. The van der Waals surface area contributed by atoms with Crippen LogP contribution in [0.3, 0.4) is 0 Å². The van der Waals surface area contributed by atoms with E-state index in [4.69, 9.17) is 4.52 Å². The van der Waals surface area contributed by atoms with Gasteiger partial charge in [-0.3, -0.25) is 19.8 Å². The van der Waals surface area contributed by atoms with Crippen molar-refractivity contribution < 1.29 is 27.2 Å². The molecule has 11 heteroatoms. The molecule has 168 valence electrons. The van der Waals surface area contributed by atoms with E-state index in [0.717, 1.165) is 34.6 Å². The third-order valence-corrected chi connectivity index (χ3v) is 4.65. The fourth-order valence-corrected chi connectivity index (χ4v) is 3.10. The lowest BCUT2D eigenvalue weighted by molar-refractivity contribution is -0.754. The molecule has 0 unspecified atom stereocenters. The van der Waals surface area contributed by atoms with E-state index in [1.165, 1.54) is 23.0 Å². The highest BCUT2D eigenvalue weighted by Crippen LogP contribution is 2.30. The number of hydrogen-bond donors (Lipinski definition) is 2. The lowest BCUT2D eigenvalue weighted by Gasteiger charge is -2.09. The number of benzene rings is 2. The van der Waals surface area contributed by atoms with Gasteiger partial charge in [-0.15, -0.1) is 0 Å². The van der Waals surface area contributed by atoms with Crippen molar-refractivity contribution >= 4 is 17.6 Å². The summed E-state index contributed by atoms with van der Waals surface area (Å²) in [6, 6.07) is 11.2. The van der Waals surface area contributed by atoms with Crippen molar-refractivity contribution in [2.24, 2.45) is 0 Å². The van der Waals surface area contributed by atoms with E-state index in [0.29, 0.717) is 6.54 Å². The van der Waals surface area contributed by atoms with Crippen LogP contribution in [-0.2, 0) is 12.7 Å². The van der Waals surface area contributed by atoms with Crippen molar-refractivity contribution in [1.29, 1.82) is 0 Å². The first kappa shape index (κ1) is 21.9. The average molecular weight is 455 g/mol. The molecule has 4 aromatic rings. The molecule has 0 radical (unpaired) electrons. The minimum Gasteiger partial charge on any atom is -0.308 e. The van der Waals surface area contributed by atoms with Crippen molar-refractivity contribution in [3.8, 4) is 11.3 Å². The molecule has 4 rings (SSSR count). The SMILES string of the molecule is Cc1nccnc1-c1ccc(C[n+]2cc(NC(=O)Nc3cccc(C(F)(F)F)c3)on2)cc1. The van der Waals surface area contributed by atoms with Gasteiger partial charge in [0.05, 0.1) is 17.0 Å². The summed E-state index contributed by atoms with van der Waals surface area (Å²) >= 11 is 0. The number of carbonyl (C=O) groups is 1. The van der Waals surface area contributed by atoms with Crippen LogP contribution in [0.4, 0.5) is 29.5 Å². The molecule has 8 nitrogen and oxygen atoms in total. The lowest BCUT2D eigenvalue weighted by Crippen LogP contribution is -2.35. The van der Waals surface area contributed by atoms with Crippen molar-refractivity contribution in [2.45, 2.75) is 19.6 Å². The van der Waals surface area contributed by atoms with Crippen LogP contribution in [0.5, 0.6) is 0 Å². The smallest absolute Gasteiger partial charge is 0.308 e. The normalized spacial score (nSPS) is 11.3. The minimum absolute atomic E-state index is 0.00634. The molecule has 2 aromatic carbocycles. The number of amides is 2. The second-order valence-electron chi connectivity index (χ2n) is 7.11. The van der Waals surface area contributed by atoms with Crippen LogP contribution < -0.4 is 15.3 Å². The van der Waals surface area contributed by atoms with E-state index in [9.17, 15) is 18.0 Å². The molecule has 0 aliphatic carbocycles. The van der Waals surface area contributed by atoms with Gasteiger partial charge in [0.25, 0.3) is 6.20 Å². The van der Waals surface area contributed by atoms with Gasteiger partial charge in [0, 0.05) is 29.2 Å². The van der Waals surface area contributed by atoms with Gasteiger partial charge in [-0.25, -0.2) is 4.79 Å². The summed E-state index contributed by atoms with van der Waals surface area (Å²) in [5.41, 5.74) is 2.62. The molecule has 0 spiro atoms. The van der Waals surface area contributed by atoms with Gasteiger partial charge < -0.3 is 5.32 Å². The molecule has 0 saturated heterocycles. The zero-order chi connectivity index (χ0) is 23.4. The van der Waals surface area contributed by atoms with Gasteiger partial charge in [-0.05, 0) is 29.8 Å². The van der Waals surface area contributed by atoms with E-state index < -0.39 is 17.8 Å². The van der Waals surface area contributed by atoms with Gasteiger partial charge >= 0.3 is 18.1 Å². The summed E-state index contributed by atoms with van der Waals surface area (Å²) in [5, 5.41) is 8.57. The van der Waals surface area contributed by atoms with Gasteiger partial charge in [-0.1, -0.05) is 30.3 Å². The number of aryl methyl sites for hydroxylation is 1. The number of aromatic nitrogens is 4. The molecule has 0 aliphatic rings. The zero-order valence-corrected chi connectivity index (χ0v) is 17.3. The van der Waals surface area contributed by atoms with Crippen LogP contribution in [0.25, 0.3) is 11.3 Å². The maximum Gasteiger partial charge on any atom is 0.416 e.